The highest BCUT2D eigenvalue weighted by atomic mass is 35.5. The average molecular weight is 537 g/mol. The maximum absolute atomic E-state index is 13.0. The summed E-state index contributed by atoms with van der Waals surface area (Å²) in [5.74, 6) is 0.632. The largest absolute Gasteiger partial charge is 0.489 e. The summed E-state index contributed by atoms with van der Waals surface area (Å²) >= 11 is 7.26. The number of nitrogens with one attached hydrogen (secondary N) is 1. The molecule has 0 fully saturated rings. The van der Waals surface area contributed by atoms with Crippen molar-refractivity contribution < 1.29 is 13.2 Å². The highest BCUT2D eigenvalue weighted by Crippen LogP contribution is 2.26. The van der Waals surface area contributed by atoms with Gasteiger partial charge in [-0.15, -0.1) is 0 Å². The zero-order valence-electron chi connectivity index (χ0n) is 18.9. The van der Waals surface area contributed by atoms with Crippen LogP contribution in [-0.2, 0) is 23.2 Å². The predicted molar refractivity (Wildman–Crippen MR) is 145 cm³/mol. The Bertz CT molecular complexity index is 1680. The Hall–Kier alpha value is -3.59. The first-order valence-electron chi connectivity index (χ1n) is 11.1. The first-order valence-corrected chi connectivity index (χ1v) is 13.7. The van der Waals surface area contributed by atoms with Gasteiger partial charge in [-0.2, -0.15) is 0 Å². The van der Waals surface area contributed by atoms with E-state index in [1.807, 2.05) is 48.5 Å². The van der Waals surface area contributed by atoms with Crippen LogP contribution in [0.3, 0.4) is 0 Å². The number of benzene rings is 4. The van der Waals surface area contributed by atoms with Gasteiger partial charge in [-0.05, 0) is 59.7 Å². The summed E-state index contributed by atoms with van der Waals surface area (Å²) in [6, 6.07) is 28.5. The van der Waals surface area contributed by atoms with Crippen LogP contribution in [-0.4, -0.2) is 13.0 Å². The van der Waals surface area contributed by atoms with E-state index in [0.29, 0.717) is 39.8 Å². The summed E-state index contributed by atoms with van der Waals surface area (Å²) in [6.45, 7) is 0.729. The Morgan fingerprint density at radius 2 is 1.61 bits per heavy atom. The molecule has 182 valence electrons. The summed E-state index contributed by atoms with van der Waals surface area (Å²) in [4.78, 5) is 12.5. The highest BCUT2D eigenvalue weighted by molar-refractivity contribution is 7.92. The van der Waals surface area contributed by atoms with Crippen LogP contribution in [0, 0.1) is 0 Å². The third-order valence-corrected chi connectivity index (χ3v) is 8.28. The van der Waals surface area contributed by atoms with E-state index in [2.05, 4.69) is 4.72 Å². The molecule has 6 nitrogen and oxygen atoms in total. The van der Waals surface area contributed by atoms with Crippen molar-refractivity contribution in [3.8, 4) is 5.75 Å². The molecule has 0 saturated heterocycles. The Morgan fingerprint density at radius 1 is 0.889 bits per heavy atom. The number of halogens is 1. The third kappa shape index (κ3) is 5.31. The fourth-order valence-electron chi connectivity index (χ4n) is 3.73. The van der Waals surface area contributed by atoms with Gasteiger partial charge < -0.3 is 4.74 Å². The maximum atomic E-state index is 13.0. The summed E-state index contributed by atoms with van der Waals surface area (Å²) < 4.78 is 36.6. The Kier molecular flexibility index (Phi) is 6.82. The van der Waals surface area contributed by atoms with E-state index in [4.69, 9.17) is 16.3 Å². The van der Waals surface area contributed by atoms with Gasteiger partial charge in [0.25, 0.3) is 10.0 Å². The van der Waals surface area contributed by atoms with Crippen molar-refractivity contribution in [1.82, 2.24) is 4.57 Å². The van der Waals surface area contributed by atoms with Gasteiger partial charge in [0.05, 0.1) is 21.7 Å². The fraction of sp³-hybridized carbons (Fsp3) is 0.0741. The lowest BCUT2D eigenvalue weighted by Crippen LogP contribution is -2.14. The van der Waals surface area contributed by atoms with Crippen LogP contribution in [0.4, 0.5) is 5.69 Å². The van der Waals surface area contributed by atoms with Gasteiger partial charge in [-0.3, -0.25) is 14.1 Å². The van der Waals surface area contributed by atoms with Gasteiger partial charge in [0.2, 0.25) is 0 Å². The molecule has 0 saturated carbocycles. The summed E-state index contributed by atoms with van der Waals surface area (Å²) in [5.41, 5.74) is 2.92. The van der Waals surface area contributed by atoms with Gasteiger partial charge >= 0.3 is 4.87 Å². The molecule has 0 amide bonds. The smallest absolute Gasteiger partial charge is 0.308 e. The number of aromatic nitrogens is 1. The first-order chi connectivity index (χ1) is 17.4. The normalized spacial score (nSPS) is 11.5. The van der Waals surface area contributed by atoms with E-state index in [0.717, 1.165) is 22.5 Å². The molecular formula is C27H21ClN2O4S2. The quantitative estimate of drug-likeness (QED) is 0.258. The lowest BCUT2D eigenvalue weighted by Gasteiger charge is -2.10. The lowest BCUT2D eigenvalue weighted by atomic mass is 10.2. The number of thiazole rings is 1. The summed E-state index contributed by atoms with van der Waals surface area (Å²) in [7, 11) is -3.86. The third-order valence-electron chi connectivity index (χ3n) is 5.59. The van der Waals surface area contributed by atoms with Crippen LogP contribution in [0.15, 0.2) is 107 Å². The predicted octanol–water partition coefficient (Wildman–Crippen LogP) is 6.14. The second kappa shape index (κ2) is 10.2. The van der Waals surface area contributed by atoms with Crippen LogP contribution < -0.4 is 14.3 Å². The number of hydrogen-bond donors (Lipinski definition) is 1. The van der Waals surface area contributed by atoms with Crippen LogP contribution in [0.2, 0.25) is 5.02 Å². The number of sulfonamides is 1. The zero-order chi connectivity index (χ0) is 25.1. The van der Waals surface area contributed by atoms with Crippen molar-refractivity contribution in [2.45, 2.75) is 18.0 Å². The summed E-state index contributed by atoms with van der Waals surface area (Å²) in [6.07, 6.45) is 0. The van der Waals surface area contributed by atoms with Gasteiger partial charge in [-0.25, -0.2) is 8.42 Å². The second-order valence-corrected chi connectivity index (χ2v) is 11.2. The molecule has 0 bridgehead atoms. The van der Waals surface area contributed by atoms with Crippen molar-refractivity contribution in [2.75, 3.05) is 4.72 Å². The Labute approximate surface area is 217 Å². The minimum Gasteiger partial charge on any atom is -0.489 e. The molecular weight excluding hydrogens is 516 g/mol. The minimum absolute atomic E-state index is 0.0746. The number of nitrogens with zero attached hydrogens (tertiary/aromatic N) is 1. The molecule has 0 atom stereocenters. The molecule has 0 aliphatic carbocycles. The number of anilines is 1. The molecule has 9 heteroatoms. The lowest BCUT2D eigenvalue weighted by molar-refractivity contribution is 0.306. The molecule has 5 aromatic rings. The first kappa shape index (κ1) is 24.1. The van der Waals surface area contributed by atoms with Crippen LogP contribution >= 0.6 is 22.9 Å². The molecule has 1 N–H and O–H groups in total. The molecule has 0 unspecified atom stereocenters. The van der Waals surface area contributed by atoms with Crippen molar-refractivity contribution in [3.05, 3.63) is 123 Å². The maximum Gasteiger partial charge on any atom is 0.308 e. The van der Waals surface area contributed by atoms with Crippen LogP contribution in [0.1, 0.15) is 11.1 Å². The topological polar surface area (TPSA) is 77.4 Å². The van der Waals surface area contributed by atoms with E-state index in [1.54, 1.807) is 41.0 Å². The molecule has 0 aliphatic rings. The molecule has 0 spiro atoms. The van der Waals surface area contributed by atoms with Crippen molar-refractivity contribution in [2.24, 2.45) is 0 Å². The van der Waals surface area contributed by atoms with E-state index >= 15 is 0 Å². The van der Waals surface area contributed by atoms with Gasteiger partial charge in [0.1, 0.15) is 12.4 Å². The number of rotatable bonds is 8. The van der Waals surface area contributed by atoms with Crippen molar-refractivity contribution >= 4 is 48.9 Å². The number of hydrogen-bond acceptors (Lipinski definition) is 5. The van der Waals surface area contributed by atoms with Crippen LogP contribution in [0.5, 0.6) is 5.75 Å². The van der Waals surface area contributed by atoms with Crippen LogP contribution in [0.25, 0.3) is 10.2 Å². The second-order valence-electron chi connectivity index (χ2n) is 8.08. The van der Waals surface area contributed by atoms with Gasteiger partial charge in [0, 0.05) is 10.7 Å². The molecule has 1 aromatic heterocycles. The van der Waals surface area contributed by atoms with Crippen molar-refractivity contribution in [3.63, 3.8) is 0 Å². The average Bonchev–Trinajstić information content (AvgIpc) is 3.19. The van der Waals surface area contributed by atoms with E-state index < -0.39 is 10.0 Å². The van der Waals surface area contributed by atoms with E-state index in [1.165, 1.54) is 12.1 Å². The molecule has 0 aliphatic heterocycles. The van der Waals surface area contributed by atoms with Gasteiger partial charge in [-0.1, -0.05) is 71.5 Å². The minimum atomic E-state index is -3.86. The summed E-state index contributed by atoms with van der Waals surface area (Å²) in [5, 5.41) is 0.573. The molecule has 4 aromatic carbocycles. The number of ether oxygens (including phenoxy) is 1. The number of fused-ring (bicyclic) bond motifs is 1. The van der Waals surface area contributed by atoms with E-state index in [9.17, 15) is 13.2 Å². The van der Waals surface area contributed by atoms with Gasteiger partial charge in [0.15, 0.2) is 0 Å². The molecule has 1 heterocycles. The molecule has 5 rings (SSSR count). The Morgan fingerprint density at radius 3 is 2.36 bits per heavy atom. The SMILES string of the molecule is O=c1sc2cc(S(=O)(=O)Nc3ccc(OCc4ccccc4)cc3)ccc2n1Cc1ccccc1Cl. The molecule has 0 radical (unpaired) electrons. The standard InChI is InChI=1S/C27H21ClN2O4S2/c28-24-9-5-4-8-20(24)17-30-25-15-14-23(16-26(25)35-27(30)31)36(32,33)29-21-10-12-22(13-11-21)34-18-19-6-2-1-3-7-19/h1-16,29H,17-18H2. The fourth-order valence-corrected chi connectivity index (χ4v) is 6.02. The zero-order valence-corrected chi connectivity index (χ0v) is 21.3. The van der Waals surface area contributed by atoms with E-state index in [-0.39, 0.29) is 9.77 Å². The monoisotopic (exact) mass is 536 g/mol. The molecule has 36 heavy (non-hydrogen) atoms. The Balaban J connectivity index is 1.32. The highest BCUT2D eigenvalue weighted by Gasteiger charge is 2.18. The van der Waals surface area contributed by atoms with Crippen molar-refractivity contribution in [1.29, 1.82) is 0 Å².